The molecule has 0 spiro atoms. The summed E-state index contributed by atoms with van der Waals surface area (Å²) in [5.74, 6) is 0.263. The minimum absolute atomic E-state index is 0.231. The molecule has 0 aromatic heterocycles. The molecule has 5 rings (SSSR count). The largest absolute Gasteiger partial charge is 0.488 e. The van der Waals surface area contributed by atoms with E-state index in [1.807, 2.05) is 42.5 Å². The Hall–Kier alpha value is -4.49. The molecule has 0 unspecified atom stereocenters. The number of hydrogen-bond acceptors (Lipinski definition) is 7. The van der Waals surface area contributed by atoms with Crippen LogP contribution in [0.4, 0.5) is 0 Å². The monoisotopic (exact) mass is 734 g/mol. The highest BCUT2D eigenvalue weighted by molar-refractivity contribution is 14.1. The quantitative estimate of drug-likeness (QED) is 0.0575. The van der Waals surface area contributed by atoms with Crippen LogP contribution in [0.1, 0.15) is 36.6 Å². The average molecular weight is 735 g/mol. The third kappa shape index (κ3) is 7.97. The maximum absolute atomic E-state index is 12.8. The number of allylic oxidation sites excluding steroid dienone is 1. The van der Waals surface area contributed by atoms with Crippen LogP contribution < -0.4 is 25.5 Å². The fraction of sp³-hybridized carbons (Fsp3) is 0.176. The van der Waals surface area contributed by atoms with Crippen LogP contribution in [0.2, 0.25) is 0 Å². The van der Waals surface area contributed by atoms with Gasteiger partial charge in [0.1, 0.15) is 18.1 Å². The molecule has 3 N–H and O–H groups in total. The van der Waals surface area contributed by atoms with E-state index >= 15 is 0 Å². The van der Waals surface area contributed by atoms with E-state index in [1.54, 1.807) is 38.3 Å². The van der Waals surface area contributed by atoms with Crippen molar-refractivity contribution in [2.45, 2.75) is 26.5 Å². The number of benzene rings is 4. The predicted molar refractivity (Wildman–Crippen MR) is 186 cm³/mol. The highest BCUT2D eigenvalue weighted by Gasteiger charge is 2.32. The van der Waals surface area contributed by atoms with Crippen LogP contribution in [-0.4, -0.2) is 36.4 Å². The van der Waals surface area contributed by atoms with E-state index in [4.69, 9.17) is 26.4 Å². The molecule has 0 bridgehead atoms. The highest BCUT2D eigenvalue weighted by atomic mass is 127. The number of amides is 1. The van der Waals surface area contributed by atoms with Crippen LogP contribution in [0, 0.1) is 3.57 Å². The van der Waals surface area contributed by atoms with Crippen molar-refractivity contribution in [2.24, 2.45) is 5.10 Å². The van der Waals surface area contributed by atoms with Gasteiger partial charge in [-0.3, -0.25) is 4.79 Å². The summed E-state index contributed by atoms with van der Waals surface area (Å²) in [5, 5.41) is 12.9. The van der Waals surface area contributed by atoms with Crippen molar-refractivity contribution < 1.29 is 23.8 Å². The zero-order chi connectivity index (χ0) is 31.8. The second kappa shape index (κ2) is 15.0. The molecule has 11 heteroatoms. The molecule has 9 nitrogen and oxygen atoms in total. The van der Waals surface area contributed by atoms with Crippen molar-refractivity contribution >= 4 is 68.8 Å². The van der Waals surface area contributed by atoms with Gasteiger partial charge in [-0.15, -0.1) is 0 Å². The van der Waals surface area contributed by atoms with Crippen molar-refractivity contribution in [2.75, 3.05) is 13.2 Å². The summed E-state index contributed by atoms with van der Waals surface area (Å²) in [5.41, 5.74) is 6.02. The normalized spacial score (nSPS) is 14.6. The summed E-state index contributed by atoms with van der Waals surface area (Å²) in [6, 6.07) is 26.6. The lowest BCUT2D eigenvalue weighted by molar-refractivity contribution is -0.139. The number of carbonyl (C=O) groups is 2. The number of nitrogens with one attached hydrogen (secondary N) is 3. The van der Waals surface area contributed by atoms with E-state index < -0.39 is 17.9 Å². The lowest BCUT2D eigenvalue weighted by Crippen LogP contribution is -2.45. The number of thiocarbonyl (C=S) groups is 1. The first-order chi connectivity index (χ1) is 21.8. The lowest BCUT2D eigenvalue weighted by Gasteiger charge is -2.30. The molecule has 0 aliphatic carbocycles. The van der Waals surface area contributed by atoms with Gasteiger partial charge in [-0.1, -0.05) is 60.7 Å². The summed E-state index contributed by atoms with van der Waals surface area (Å²) in [7, 11) is 0. The van der Waals surface area contributed by atoms with Crippen LogP contribution in [0.5, 0.6) is 11.5 Å². The van der Waals surface area contributed by atoms with Gasteiger partial charge in [0, 0.05) is 11.3 Å². The number of para-hydroxylation sites is 1. The van der Waals surface area contributed by atoms with E-state index in [9.17, 15) is 9.59 Å². The molecule has 45 heavy (non-hydrogen) atoms. The van der Waals surface area contributed by atoms with E-state index in [2.05, 4.69) is 68.0 Å². The van der Waals surface area contributed by atoms with E-state index in [1.165, 1.54) is 10.8 Å². The maximum Gasteiger partial charge on any atom is 0.338 e. The Morgan fingerprint density at radius 1 is 1.00 bits per heavy atom. The van der Waals surface area contributed by atoms with Crippen LogP contribution in [0.15, 0.2) is 101 Å². The first-order valence-electron chi connectivity index (χ1n) is 14.2. The summed E-state index contributed by atoms with van der Waals surface area (Å²) in [6.45, 7) is 3.89. The van der Waals surface area contributed by atoms with E-state index in [0.29, 0.717) is 34.3 Å². The van der Waals surface area contributed by atoms with Gasteiger partial charge in [0.15, 0.2) is 11.7 Å². The SMILES string of the molecule is CCOC(=O)C1=C(C)NC(=S)N[C@H]1c1ccccc1OCC(=O)NN=Cc1ccc(OCc2cccc3ccccc23)c(I)c1. The molecular formula is C34H31IN4O5S. The number of nitrogens with zero attached hydrogens (tertiary/aromatic N) is 1. The second-order valence-corrected chi connectivity index (χ2v) is 11.6. The zero-order valence-corrected chi connectivity index (χ0v) is 27.6. The molecule has 4 aromatic carbocycles. The summed E-state index contributed by atoms with van der Waals surface area (Å²) < 4.78 is 18.2. The van der Waals surface area contributed by atoms with Crippen LogP contribution in [0.3, 0.4) is 0 Å². The second-order valence-electron chi connectivity index (χ2n) is 10.0. The van der Waals surface area contributed by atoms with Crippen molar-refractivity contribution in [3.05, 3.63) is 116 Å². The van der Waals surface area contributed by atoms with Crippen molar-refractivity contribution in [1.29, 1.82) is 0 Å². The molecule has 0 saturated heterocycles. The first-order valence-corrected chi connectivity index (χ1v) is 15.7. The van der Waals surface area contributed by atoms with Gasteiger partial charge in [0.25, 0.3) is 5.91 Å². The third-order valence-electron chi connectivity index (χ3n) is 6.98. The number of hydrazone groups is 1. The molecule has 230 valence electrons. The van der Waals surface area contributed by atoms with Gasteiger partial charge in [0.2, 0.25) is 0 Å². The number of fused-ring (bicyclic) bond motifs is 1. The maximum atomic E-state index is 12.8. The van der Waals surface area contributed by atoms with Crippen LogP contribution in [0.25, 0.3) is 10.8 Å². The van der Waals surface area contributed by atoms with E-state index in [0.717, 1.165) is 20.4 Å². The fourth-order valence-electron chi connectivity index (χ4n) is 4.90. The van der Waals surface area contributed by atoms with Gasteiger partial charge in [-0.25, -0.2) is 10.2 Å². The molecule has 4 aromatic rings. The van der Waals surface area contributed by atoms with Crippen LogP contribution >= 0.6 is 34.8 Å². The average Bonchev–Trinajstić information content (AvgIpc) is 3.03. The summed E-state index contributed by atoms with van der Waals surface area (Å²) in [4.78, 5) is 25.3. The van der Waals surface area contributed by atoms with Crippen molar-refractivity contribution in [3.63, 3.8) is 0 Å². The molecule has 1 atom stereocenters. The van der Waals surface area contributed by atoms with Gasteiger partial charge < -0.3 is 24.8 Å². The topological polar surface area (TPSA) is 110 Å². The van der Waals surface area contributed by atoms with Crippen molar-refractivity contribution in [3.8, 4) is 11.5 Å². The fourth-order valence-corrected chi connectivity index (χ4v) is 5.87. The lowest BCUT2D eigenvalue weighted by atomic mass is 9.95. The molecule has 1 aliphatic rings. The van der Waals surface area contributed by atoms with Crippen LogP contribution in [-0.2, 0) is 20.9 Å². The van der Waals surface area contributed by atoms with Gasteiger partial charge in [-0.05, 0) is 94.8 Å². The smallest absolute Gasteiger partial charge is 0.338 e. The zero-order valence-electron chi connectivity index (χ0n) is 24.6. The standard InChI is InChI=1S/C34H31IN4O5S/c1-3-42-33(41)31-21(2)37-34(45)38-32(31)26-13-6-7-14-28(26)44-20-30(40)39-36-18-22-15-16-29(27(35)17-22)43-19-24-11-8-10-23-9-4-5-12-25(23)24/h4-18,32H,3,19-20H2,1-2H3,(H,39,40)(H2,37,38,45)/t32-/m0/s1. The minimum atomic E-state index is -0.614. The van der Waals surface area contributed by atoms with Gasteiger partial charge in [0.05, 0.1) is 28.0 Å². The Morgan fingerprint density at radius 2 is 1.78 bits per heavy atom. The minimum Gasteiger partial charge on any atom is -0.488 e. The Balaban J connectivity index is 1.18. The molecule has 1 aliphatic heterocycles. The Morgan fingerprint density at radius 3 is 2.60 bits per heavy atom. The molecule has 0 fully saturated rings. The Kier molecular flexibility index (Phi) is 10.6. The van der Waals surface area contributed by atoms with Crippen molar-refractivity contribution in [1.82, 2.24) is 16.1 Å². The van der Waals surface area contributed by atoms with E-state index in [-0.39, 0.29) is 13.2 Å². The predicted octanol–water partition coefficient (Wildman–Crippen LogP) is 5.91. The summed E-state index contributed by atoms with van der Waals surface area (Å²) in [6.07, 6.45) is 1.56. The Bertz CT molecular complexity index is 1800. The number of rotatable bonds is 11. The molecular weight excluding hydrogens is 703 g/mol. The number of hydrogen-bond donors (Lipinski definition) is 3. The number of esters is 1. The Labute approximate surface area is 280 Å². The first kappa shape index (κ1) is 31.9. The number of carbonyl (C=O) groups excluding carboxylic acids is 2. The number of halogens is 1. The van der Waals surface area contributed by atoms with Gasteiger partial charge >= 0.3 is 5.97 Å². The molecule has 1 heterocycles. The highest BCUT2D eigenvalue weighted by Crippen LogP contribution is 2.33. The summed E-state index contributed by atoms with van der Waals surface area (Å²) >= 11 is 7.55. The molecule has 0 saturated carbocycles. The van der Waals surface area contributed by atoms with Gasteiger partial charge in [-0.2, -0.15) is 5.10 Å². The molecule has 1 amide bonds. The number of ether oxygens (including phenoxy) is 3. The third-order valence-corrected chi connectivity index (χ3v) is 8.04. The molecule has 0 radical (unpaired) electrons.